The highest BCUT2D eigenvalue weighted by Crippen LogP contribution is 2.47. The predicted octanol–water partition coefficient (Wildman–Crippen LogP) is 11.5. The van der Waals surface area contributed by atoms with Gasteiger partial charge in [-0.25, -0.2) is 0 Å². The second kappa shape index (κ2) is 7.15. The van der Waals surface area contributed by atoms with Gasteiger partial charge in [-0.15, -0.1) is 22.7 Å². The van der Waals surface area contributed by atoms with Gasteiger partial charge in [-0.1, -0.05) is 72.8 Å². The lowest BCUT2D eigenvalue weighted by molar-refractivity contribution is 1.56. The van der Waals surface area contributed by atoms with E-state index in [4.69, 9.17) is 0 Å². The van der Waals surface area contributed by atoms with E-state index in [1.807, 2.05) is 22.7 Å². The van der Waals surface area contributed by atoms with E-state index in [0.29, 0.717) is 0 Å². The Bertz CT molecular complexity index is 2660. The number of hydrogen-bond donors (Lipinski definition) is 1. The van der Waals surface area contributed by atoms with E-state index >= 15 is 0 Å². The molecule has 1 N–H and O–H groups in total. The molecule has 0 fully saturated rings. The van der Waals surface area contributed by atoms with Crippen LogP contribution in [0.15, 0.2) is 108 Å². The smallest absolute Gasteiger partial charge is 0.0544 e. The molecule has 0 aliphatic heterocycles. The Balaban J connectivity index is 1.47. The fourth-order valence-electron chi connectivity index (χ4n) is 7.09. The van der Waals surface area contributed by atoms with Gasteiger partial charge in [-0.3, -0.25) is 0 Å². The summed E-state index contributed by atoms with van der Waals surface area (Å²) < 4.78 is 2.74. The van der Waals surface area contributed by atoms with Crippen LogP contribution in [-0.2, 0) is 0 Å². The van der Waals surface area contributed by atoms with Gasteiger partial charge < -0.3 is 4.98 Å². The highest BCUT2D eigenvalue weighted by atomic mass is 32.1. The monoisotopic (exact) mass is 529 g/mol. The molecule has 0 unspecified atom stereocenters. The molecule has 0 aliphatic carbocycles. The zero-order chi connectivity index (χ0) is 25.2. The first-order valence-corrected chi connectivity index (χ1v) is 15.0. The normalized spacial score (nSPS) is 12.6. The summed E-state index contributed by atoms with van der Waals surface area (Å²) in [6.45, 7) is 0. The Morgan fingerprint density at radius 1 is 0.410 bits per heavy atom. The molecule has 0 radical (unpaired) electrons. The average Bonchev–Trinajstić information content (AvgIpc) is 3.74. The van der Waals surface area contributed by atoms with E-state index in [0.717, 1.165) is 0 Å². The Hall–Kier alpha value is -4.44. The number of aromatic amines is 1. The lowest BCUT2D eigenvalue weighted by Gasteiger charge is -2.14. The van der Waals surface area contributed by atoms with Crippen LogP contribution in [0.1, 0.15) is 0 Å². The Labute approximate surface area is 230 Å². The molecule has 180 valence electrons. The van der Waals surface area contributed by atoms with Crippen molar-refractivity contribution in [2.75, 3.05) is 0 Å². The van der Waals surface area contributed by atoms with Crippen LogP contribution in [0.5, 0.6) is 0 Å². The first-order chi connectivity index (χ1) is 19.3. The quantitative estimate of drug-likeness (QED) is 0.188. The van der Waals surface area contributed by atoms with Crippen molar-refractivity contribution in [3.8, 4) is 0 Å². The molecule has 0 atom stereocenters. The second-order valence-electron chi connectivity index (χ2n) is 10.6. The molecule has 7 aromatic carbocycles. The molecule has 39 heavy (non-hydrogen) atoms. The molecule has 10 aromatic rings. The van der Waals surface area contributed by atoms with Crippen molar-refractivity contribution in [3.05, 3.63) is 108 Å². The van der Waals surface area contributed by atoms with Gasteiger partial charge in [-0.2, -0.15) is 0 Å². The minimum absolute atomic E-state index is 1.19. The molecule has 1 nitrogen and oxygen atoms in total. The second-order valence-corrected chi connectivity index (χ2v) is 12.4. The van der Waals surface area contributed by atoms with E-state index in [-0.39, 0.29) is 0 Å². The lowest BCUT2D eigenvalue weighted by Crippen LogP contribution is -1.87. The number of rotatable bonds is 0. The van der Waals surface area contributed by atoms with Gasteiger partial charge in [0.2, 0.25) is 0 Å². The fraction of sp³-hybridized carbons (Fsp3) is 0. The summed E-state index contributed by atoms with van der Waals surface area (Å²) >= 11 is 3.70. The summed E-state index contributed by atoms with van der Waals surface area (Å²) in [7, 11) is 0. The van der Waals surface area contributed by atoms with Gasteiger partial charge in [0.05, 0.1) is 5.52 Å². The summed E-state index contributed by atoms with van der Waals surface area (Å²) in [5, 5.41) is 23.2. The summed E-state index contributed by atoms with van der Waals surface area (Å²) in [5.41, 5.74) is 2.41. The highest BCUT2D eigenvalue weighted by molar-refractivity contribution is 7.19. The van der Waals surface area contributed by atoms with Crippen LogP contribution in [0.2, 0.25) is 0 Å². The van der Waals surface area contributed by atoms with Gasteiger partial charge in [0.1, 0.15) is 0 Å². The van der Waals surface area contributed by atoms with Crippen molar-refractivity contribution >= 4 is 119 Å². The van der Waals surface area contributed by atoms with Crippen LogP contribution < -0.4 is 0 Å². The summed E-state index contributed by atoms with van der Waals surface area (Å²) in [4.78, 5) is 3.73. The third-order valence-electron chi connectivity index (χ3n) is 8.73. The number of thiophene rings is 2. The number of H-pyrrole nitrogens is 1. The van der Waals surface area contributed by atoms with Gasteiger partial charge in [-0.05, 0) is 78.1 Å². The maximum absolute atomic E-state index is 3.73. The van der Waals surface area contributed by atoms with Crippen molar-refractivity contribution in [2.24, 2.45) is 0 Å². The molecular formula is C36H19NS2. The minimum Gasteiger partial charge on any atom is -0.354 e. The molecule has 3 heterocycles. The number of nitrogens with one attached hydrogen (secondary N) is 1. The van der Waals surface area contributed by atoms with Crippen molar-refractivity contribution in [2.45, 2.75) is 0 Å². The molecule has 10 rings (SSSR count). The van der Waals surface area contributed by atoms with Crippen LogP contribution in [0, 0.1) is 0 Å². The van der Waals surface area contributed by atoms with E-state index in [2.05, 4.69) is 113 Å². The maximum atomic E-state index is 3.73. The number of benzene rings is 7. The minimum atomic E-state index is 1.19. The van der Waals surface area contributed by atoms with E-state index < -0.39 is 0 Å². The van der Waals surface area contributed by atoms with Crippen molar-refractivity contribution < 1.29 is 0 Å². The zero-order valence-electron chi connectivity index (χ0n) is 20.7. The van der Waals surface area contributed by atoms with Crippen LogP contribution in [0.3, 0.4) is 0 Å². The van der Waals surface area contributed by atoms with Gasteiger partial charge in [0.25, 0.3) is 0 Å². The number of aromatic nitrogens is 1. The maximum Gasteiger partial charge on any atom is 0.0544 e. The third kappa shape index (κ3) is 2.50. The molecular weight excluding hydrogens is 511 g/mol. The molecule has 3 heteroatoms. The van der Waals surface area contributed by atoms with Gasteiger partial charge >= 0.3 is 0 Å². The molecule has 0 saturated heterocycles. The Morgan fingerprint density at radius 3 is 1.92 bits per heavy atom. The average molecular weight is 530 g/mol. The van der Waals surface area contributed by atoms with Gasteiger partial charge in [0.15, 0.2) is 0 Å². The van der Waals surface area contributed by atoms with E-state index in [9.17, 15) is 0 Å². The molecule has 0 amide bonds. The summed E-state index contributed by atoms with van der Waals surface area (Å²) in [5.74, 6) is 0. The van der Waals surface area contributed by atoms with Crippen LogP contribution >= 0.6 is 22.7 Å². The van der Waals surface area contributed by atoms with Crippen molar-refractivity contribution in [1.29, 1.82) is 0 Å². The van der Waals surface area contributed by atoms with E-state index in [1.54, 1.807) is 0 Å². The van der Waals surface area contributed by atoms with E-state index in [1.165, 1.54) is 95.8 Å². The zero-order valence-corrected chi connectivity index (χ0v) is 22.3. The van der Waals surface area contributed by atoms with Crippen LogP contribution in [-0.4, -0.2) is 4.98 Å². The summed E-state index contributed by atoms with van der Waals surface area (Å²) in [6.07, 6.45) is 0. The third-order valence-corrected chi connectivity index (χ3v) is 10.5. The van der Waals surface area contributed by atoms with Crippen LogP contribution in [0.4, 0.5) is 0 Å². The first kappa shape index (κ1) is 20.5. The van der Waals surface area contributed by atoms with Crippen molar-refractivity contribution in [1.82, 2.24) is 4.98 Å². The largest absolute Gasteiger partial charge is 0.354 e. The highest BCUT2D eigenvalue weighted by Gasteiger charge is 2.18. The molecule has 0 bridgehead atoms. The van der Waals surface area contributed by atoms with Crippen molar-refractivity contribution in [3.63, 3.8) is 0 Å². The lowest BCUT2D eigenvalue weighted by atomic mass is 9.89. The molecule has 0 saturated carbocycles. The standard InChI is InChI=1S/C36H19NS2/c1-2-4-29-21(3-1)25-13-12-24-26(35(25)37-29)11-7-19-5-9-22-23-10-6-20-8-14-30-27(15-17-38-30)32(20)34(23)36-28(16-18-39-36)33(22)31(19)24/h1-18,37H. The van der Waals surface area contributed by atoms with Gasteiger partial charge in [0, 0.05) is 47.2 Å². The topological polar surface area (TPSA) is 15.8 Å². The fourth-order valence-corrected chi connectivity index (χ4v) is 8.85. The first-order valence-electron chi connectivity index (χ1n) is 13.3. The Kier molecular flexibility index (Phi) is 3.76. The molecule has 0 spiro atoms. The number of para-hydroxylation sites is 1. The summed E-state index contributed by atoms with van der Waals surface area (Å²) in [6, 6.07) is 36.4. The number of hydrogen-bond acceptors (Lipinski definition) is 2. The number of fused-ring (bicyclic) bond motifs is 18. The van der Waals surface area contributed by atoms with Crippen LogP contribution in [0.25, 0.3) is 95.8 Å². The SMILES string of the molecule is c1ccc2c(c1)[nH]c1c2ccc2c1ccc1ccc3c4ccc5ccc6sccc6c5c4c4sccc4c3c12. The Morgan fingerprint density at radius 2 is 1.03 bits per heavy atom. The molecule has 3 aromatic heterocycles. The molecule has 0 aliphatic rings. The predicted molar refractivity (Wildman–Crippen MR) is 174 cm³/mol.